The molecule has 0 spiro atoms. The number of aromatic nitrogens is 1. The number of hydrogen-bond donors (Lipinski definition) is 2. The first kappa shape index (κ1) is 14.2. The van der Waals surface area contributed by atoms with Gasteiger partial charge in [0.05, 0.1) is 0 Å². The molecule has 0 saturated heterocycles. The predicted octanol–water partition coefficient (Wildman–Crippen LogP) is 2.31. The number of hydrogen-bond acceptors (Lipinski definition) is 4. The minimum Gasteiger partial charge on any atom is -0.384 e. The number of benzene rings is 1. The molecule has 104 valence electrons. The summed E-state index contributed by atoms with van der Waals surface area (Å²) >= 11 is 0. The molecule has 7 heteroatoms. The number of halogens is 2. The maximum absolute atomic E-state index is 12.5. The number of nitrogens with zero attached hydrogens (tertiary/aromatic N) is 2. The van der Waals surface area contributed by atoms with E-state index >= 15 is 0 Å². The third-order valence-corrected chi connectivity index (χ3v) is 2.92. The lowest BCUT2D eigenvalue weighted by Crippen LogP contribution is -2.16. The number of pyridine rings is 1. The summed E-state index contributed by atoms with van der Waals surface area (Å²) in [5, 5.41) is 18.2. The van der Waals surface area contributed by atoms with Gasteiger partial charge in [-0.1, -0.05) is 24.3 Å². The number of nitrogen functional groups attached to an aromatic ring is 1. The van der Waals surface area contributed by atoms with Crippen LogP contribution < -0.4 is 11.3 Å². The monoisotopic (exact) mass is 286 g/mol. The molecule has 0 aliphatic heterocycles. The zero-order valence-corrected chi connectivity index (χ0v) is 10.5. The average Bonchev–Trinajstić information content (AvgIpc) is 2.46. The summed E-state index contributed by atoms with van der Waals surface area (Å²) in [6.45, 7) is 0. The van der Waals surface area contributed by atoms with Crippen molar-refractivity contribution < 1.29 is 8.78 Å². The fourth-order valence-corrected chi connectivity index (χ4v) is 1.93. The fraction of sp³-hybridized carbons (Fsp3) is 0.0714. The van der Waals surface area contributed by atoms with Crippen molar-refractivity contribution in [1.29, 1.82) is 10.5 Å². The van der Waals surface area contributed by atoms with E-state index in [1.165, 1.54) is 24.3 Å². The first-order chi connectivity index (χ1) is 9.99. The summed E-state index contributed by atoms with van der Waals surface area (Å²) in [5.41, 5.74) is 4.61. The van der Waals surface area contributed by atoms with Gasteiger partial charge in [-0.05, 0) is 5.56 Å². The second-order valence-corrected chi connectivity index (χ2v) is 4.14. The fourth-order valence-electron chi connectivity index (χ4n) is 1.93. The Balaban J connectivity index is 2.77. The lowest BCUT2D eigenvalue weighted by atomic mass is 9.96. The maximum atomic E-state index is 12.5. The molecule has 0 unspecified atom stereocenters. The summed E-state index contributed by atoms with van der Waals surface area (Å²) in [6, 6.07) is 8.48. The molecule has 3 N–H and O–H groups in total. The third-order valence-electron chi connectivity index (χ3n) is 2.92. The number of rotatable bonds is 2. The first-order valence-corrected chi connectivity index (χ1v) is 5.74. The standard InChI is InChI=1S/C14H8F2N4O/c15-12(16)8-3-1-7(2-4-8)11-9(5-17)13(19)20-14(21)10(11)6-18/h1-4,12H,(H3,19,20,21). The zero-order chi connectivity index (χ0) is 15.6. The van der Waals surface area contributed by atoms with Crippen molar-refractivity contribution in [3.63, 3.8) is 0 Å². The molecule has 0 atom stereocenters. The molecule has 1 aromatic carbocycles. The normalized spacial score (nSPS) is 10.1. The number of anilines is 1. The topological polar surface area (TPSA) is 106 Å². The van der Waals surface area contributed by atoms with Gasteiger partial charge in [0.1, 0.15) is 29.1 Å². The minimum atomic E-state index is -2.63. The molecule has 0 amide bonds. The van der Waals surface area contributed by atoms with E-state index in [0.29, 0.717) is 5.56 Å². The summed E-state index contributed by atoms with van der Waals surface area (Å²) in [5.74, 6) is -0.172. The van der Waals surface area contributed by atoms with Crippen LogP contribution in [0.15, 0.2) is 29.1 Å². The van der Waals surface area contributed by atoms with Gasteiger partial charge in [-0.2, -0.15) is 10.5 Å². The lowest BCUT2D eigenvalue weighted by Gasteiger charge is -2.09. The zero-order valence-electron chi connectivity index (χ0n) is 10.5. The molecule has 1 aromatic heterocycles. The van der Waals surface area contributed by atoms with Crippen molar-refractivity contribution in [2.24, 2.45) is 0 Å². The van der Waals surface area contributed by atoms with E-state index in [2.05, 4.69) is 4.98 Å². The summed E-state index contributed by atoms with van der Waals surface area (Å²) < 4.78 is 25.1. The van der Waals surface area contributed by atoms with E-state index in [0.717, 1.165) is 0 Å². The van der Waals surface area contributed by atoms with Gasteiger partial charge < -0.3 is 10.7 Å². The second-order valence-electron chi connectivity index (χ2n) is 4.14. The van der Waals surface area contributed by atoms with E-state index in [4.69, 9.17) is 16.3 Å². The van der Waals surface area contributed by atoms with Crippen LogP contribution in [0.25, 0.3) is 11.1 Å². The molecule has 2 aromatic rings. The molecule has 0 aliphatic carbocycles. The Kier molecular flexibility index (Phi) is 3.68. The molecule has 1 heterocycles. The number of aromatic amines is 1. The van der Waals surface area contributed by atoms with E-state index in [1.807, 2.05) is 6.07 Å². The Labute approximate surface area is 117 Å². The van der Waals surface area contributed by atoms with Crippen LogP contribution >= 0.6 is 0 Å². The van der Waals surface area contributed by atoms with Crippen LogP contribution in [-0.4, -0.2) is 4.98 Å². The largest absolute Gasteiger partial charge is 0.384 e. The van der Waals surface area contributed by atoms with Crippen molar-refractivity contribution in [3.8, 4) is 23.3 Å². The van der Waals surface area contributed by atoms with Crippen molar-refractivity contribution in [2.75, 3.05) is 5.73 Å². The molecule has 5 nitrogen and oxygen atoms in total. The highest BCUT2D eigenvalue weighted by Gasteiger charge is 2.18. The highest BCUT2D eigenvalue weighted by Crippen LogP contribution is 2.29. The van der Waals surface area contributed by atoms with Crippen LogP contribution in [0.3, 0.4) is 0 Å². The smallest absolute Gasteiger partial charge is 0.268 e. The van der Waals surface area contributed by atoms with Crippen LogP contribution in [0.4, 0.5) is 14.6 Å². The maximum Gasteiger partial charge on any atom is 0.268 e. The number of alkyl halides is 2. The van der Waals surface area contributed by atoms with Gasteiger partial charge in [-0.15, -0.1) is 0 Å². The van der Waals surface area contributed by atoms with Crippen LogP contribution in [0.1, 0.15) is 23.1 Å². The minimum absolute atomic E-state index is 0.0436. The molecule has 0 aliphatic rings. The van der Waals surface area contributed by atoms with Crippen LogP contribution in [0, 0.1) is 22.7 Å². The Morgan fingerprint density at radius 1 is 1.10 bits per heavy atom. The van der Waals surface area contributed by atoms with Gasteiger partial charge in [0.2, 0.25) is 0 Å². The Morgan fingerprint density at radius 3 is 2.14 bits per heavy atom. The van der Waals surface area contributed by atoms with Crippen LogP contribution in [0.2, 0.25) is 0 Å². The van der Waals surface area contributed by atoms with E-state index < -0.39 is 12.0 Å². The van der Waals surface area contributed by atoms with Crippen molar-refractivity contribution in [2.45, 2.75) is 6.43 Å². The number of nitriles is 2. The SMILES string of the molecule is N#Cc1c(N)[nH]c(=O)c(C#N)c1-c1ccc(C(F)F)cc1. The quantitative estimate of drug-likeness (QED) is 0.883. The molecule has 0 fully saturated rings. The molecule has 2 rings (SSSR count). The van der Waals surface area contributed by atoms with Gasteiger partial charge in [0, 0.05) is 11.1 Å². The van der Waals surface area contributed by atoms with Gasteiger partial charge in [-0.25, -0.2) is 8.78 Å². The van der Waals surface area contributed by atoms with Crippen molar-refractivity contribution in [3.05, 3.63) is 51.3 Å². The van der Waals surface area contributed by atoms with Crippen molar-refractivity contribution >= 4 is 5.82 Å². The molecule has 0 bridgehead atoms. The van der Waals surface area contributed by atoms with Crippen molar-refractivity contribution in [1.82, 2.24) is 4.98 Å². The van der Waals surface area contributed by atoms with E-state index in [-0.39, 0.29) is 28.1 Å². The number of nitrogens with two attached hydrogens (primary N) is 1. The predicted molar refractivity (Wildman–Crippen MR) is 71.3 cm³/mol. The highest BCUT2D eigenvalue weighted by atomic mass is 19.3. The first-order valence-electron chi connectivity index (χ1n) is 5.74. The number of nitrogens with one attached hydrogen (secondary N) is 1. The third kappa shape index (κ3) is 2.45. The highest BCUT2D eigenvalue weighted by molar-refractivity contribution is 5.80. The number of H-pyrrole nitrogens is 1. The molecular formula is C14H8F2N4O. The Morgan fingerprint density at radius 2 is 1.67 bits per heavy atom. The van der Waals surface area contributed by atoms with Gasteiger partial charge in [0.15, 0.2) is 0 Å². The van der Waals surface area contributed by atoms with E-state index in [9.17, 15) is 13.6 Å². The summed E-state index contributed by atoms with van der Waals surface area (Å²) in [4.78, 5) is 13.9. The second kappa shape index (κ2) is 5.43. The molecular weight excluding hydrogens is 278 g/mol. The van der Waals surface area contributed by atoms with Gasteiger partial charge in [0.25, 0.3) is 12.0 Å². The Hall–Kier alpha value is -3.19. The van der Waals surface area contributed by atoms with Crippen LogP contribution in [-0.2, 0) is 0 Å². The van der Waals surface area contributed by atoms with E-state index in [1.54, 1.807) is 6.07 Å². The summed E-state index contributed by atoms with van der Waals surface area (Å²) in [7, 11) is 0. The molecule has 0 saturated carbocycles. The molecule has 21 heavy (non-hydrogen) atoms. The average molecular weight is 286 g/mol. The van der Waals surface area contributed by atoms with Crippen LogP contribution in [0.5, 0.6) is 0 Å². The van der Waals surface area contributed by atoms with Gasteiger partial charge in [-0.3, -0.25) is 4.79 Å². The summed E-state index contributed by atoms with van der Waals surface area (Å²) in [6.07, 6.45) is -2.63. The Bertz CT molecular complexity index is 826. The molecule has 0 radical (unpaired) electrons. The van der Waals surface area contributed by atoms with Gasteiger partial charge >= 0.3 is 0 Å². The lowest BCUT2D eigenvalue weighted by molar-refractivity contribution is 0.151.